The molecule has 0 bridgehead atoms. The highest BCUT2D eigenvalue weighted by atomic mass is 16.4. The summed E-state index contributed by atoms with van der Waals surface area (Å²) >= 11 is 0. The van der Waals surface area contributed by atoms with Gasteiger partial charge >= 0.3 is 5.97 Å². The van der Waals surface area contributed by atoms with Gasteiger partial charge in [-0.25, -0.2) is 4.79 Å². The Labute approximate surface area is 168 Å². The van der Waals surface area contributed by atoms with E-state index in [0.717, 1.165) is 22.3 Å². The molecule has 0 fully saturated rings. The van der Waals surface area contributed by atoms with E-state index in [4.69, 9.17) is 5.26 Å². The topological polar surface area (TPSA) is 90.2 Å². The molecule has 0 heterocycles. The molecule has 4 rings (SSSR count). The largest absolute Gasteiger partial charge is 0.480 e. The summed E-state index contributed by atoms with van der Waals surface area (Å²) in [5.41, 5.74) is 4.89. The number of nitrogens with zero attached hydrogens (tertiary/aromatic N) is 1. The number of hydrogen-bond acceptors (Lipinski definition) is 3. The normalized spacial score (nSPS) is 13.1. The fourth-order valence-electron chi connectivity index (χ4n) is 3.90. The van der Waals surface area contributed by atoms with E-state index in [1.54, 1.807) is 24.3 Å². The molecule has 0 aliphatic heterocycles. The lowest BCUT2D eigenvalue weighted by Crippen LogP contribution is -2.44. The van der Waals surface area contributed by atoms with Gasteiger partial charge in [0.25, 0.3) is 0 Å². The maximum Gasteiger partial charge on any atom is 0.326 e. The average Bonchev–Trinajstić information content (AvgIpc) is 3.08. The number of carboxylic acids is 1. The van der Waals surface area contributed by atoms with Crippen LogP contribution >= 0.6 is 0 Å². The lowest BCUT2D eigenvalue weighted by Gasteiger charge is -2.19. The Hall–Kier alpha value is -3.91. The molecule has 3 aromatic rings. The van der Waals surface area contributed by atoms with Crippen LogP contribution in [0.2, 0.25) is 0 Å². The van der Waals surface area contributed by atoms with Crippen molar-refractivity contribution in [3.8, 4) is 17.2 Å². The van der Waals surface area contributed by atoms with Crippen LogP contribution in [-0.2, 0) is 16.0 Å². The molecule has 142 valence electrons. The number of fused-ring (bicyclic) bond motifs is 3. The van der Waals surface area contributed by atoms with Crippen LogP contribution in [0.15, 0.2) is 72.8 Å². The maximum absolute atomic E-state index is 13.2. The number of carbonyl (C=O) groups excluding carboxylic acids is 1. The predicted octanol–water partition coefficient (Wildman–Crippen LogP) is 3.48. The molecule has 0 radical (unpaired) electrons. The standard InChI is InChI=1S/C24H18N2O3/c25-14-16-7-5-6-15(12-16)13-21(24(28)29)26-23(27)22-19-10-3-1-8-17(19)18-9-2-4-11-20(18)22/h1-12,21-22H,13H2,(H,26,27)(H,28,29)/t21-/m1/s1. The molecule has 0 unspecified atom stereocenters. The van der Waals surface area contributed by atoms with Gasteiger partial charge in [0, 0.05) is 6.42 Å². The number of aliphatic carboxylic acids is 1. The van der Waals surface area contributed by atoms with E-state index in [1.807, 2.05) is 54.6 Å². The molecule has 0 saturated heterocycles. The number of hydrogen-bond donors (Lipinski definition) is 2. The van der Waals surface area contributed by atoms with Crippen molar-refractivity contribution in [2.24, 2.45) is 0 Å². The Morgan fingerprint density at radius 3 is 2.17 bits per heavy atom. The zero-order valence-corrected chi connectivity index (χ0v) is 15.5. The van der Waals surface area contributed by atoms with Crippen LogP contribution in [0.5, 0.6) is 0 Å². The Balaban J connectivity index is 1.62. The van der Waals surface area contributed by atoms with E-state index < -0.39 is 17.9 Å². The molecule has 0 spiro atoms. The first kappa shape index (κ1) is 18.5. The van der Waals surface area contributed by atoms with Crippen LogP contribution in [-0.4, -0.2) is 23.0 Å². The van der Waals surface area contributed by atoms with Gasteiger partial charge in [-0.3, -0.25) is 4.79 Å². The van der Waals surface area contributed by atoms with E-state index in [-0.39, 0.29) is 12.3 Å². The molecule has 1 atom stereocenters. The van der Waals surface area contributed by atoms with E-state index >= 15 is 0 Å². The van der Waals surface area contributed by atoms with Gasteiger partial charge in [0.2, 0.25) is 5.91 Å². The number of amides is 1. The third kappa shape index (κ3) is 3.48. The van der Waals surface area contributed by atoms with E-state index in [0.29, 0.717) is 11.1 Å². The van der Waals surface area contributed by atoms with Crippen LogP contribution in [0.3, 0.4) is 0 Å². The van der Waals surface area contributed by atoms with Crippen molar-refractivity contribution in [3.05, 3.63) is 95.1 Å². The minimum Gasteiger partial charge on any atom is -0.480 e. The molecule has 0 aromatic heterocycles. The van der Waals surface area contributed by atoms with Crippen LogP contribution in [0, 0.1) is 11.3 Å². The molecule has 2 N–H and O–H groups in total. The number of carboxylic acid groups (broad SMARTS) is 1. The minimum atomic E-state index is -1.11. The van der Waals surface area contributed by atoms with Crippen molar-refractivity contribution in [3.63, 3.8) is 0 Å². The van der Waals surface area contributed by atoms with Crippen LogP contribution < -0.4 is 5.32 Å². The monoisotopic (exact) mass is 382 g/mol. The second-order valence-electron chi connectivity index (χ2n) is 7.02. The van der Waals surface area contributed by atoms with Gasteiger partial charge in [-0.15, -0.1) is 0 Å². The van der Waals surface area contributed by atoms with Gasteiger partial charge in [-0.1, -0.05) is 60.7 Å². The van der Waals surface area contributed by atoms with Crippen molar-refractivity contribution < 1.29 is 14.7 Å². The van der Waals surface area contributed by atoms with E-state index in [9.17, 15) is 14.7 Å². The Morgan fingerprint density at radius 2 is 1.59 bits per heavy atom. The molecule has 1 amide bonds. The number of nitriles is 1. The molecule has 3 aromatic carbocycles. The summed E-state index contributed by atoms with van der Waals surface area (Å²) in [6.45, 7) is 0. The Morgan fingerprint density at radius 1 is 0.966 bits per heavy atom. The van der Waals surface area contributed by atoms with Gasteiger partial charge < -0.3 is 10.4 Å². The lowest BCUT2D eigenvalue weighted by molar-refractivity contribution is -0.141. The van der Waals surface area contributed by atoms with E-state index in [1.165, 1.54) is 0 Å². The van der Waals surface area contributed by atoms with Crippen molar-refractivity contribution in [1.29, 1.82) is 5.26 Å². The molecule has 29 heavy (non-hydrogen) atoms. The Kier molecular flexibility index (Phi) is 4.84. The quantitative estimate of drug-likeness (QED) is 0.707. The van der Waals surface area contributed by atoms with Crippen molar-refractivity contribution in [2.75, 3.05) is 0 Å². The highest BCUT2D eigenvalue weighted by molar-refractivity contribution is 5.97. The summed E-state index contributed by atoms with van der Waals surface area (Å²) in [5, 5.41) is 21.4. The molecule has 5 nitrogen and oxygen atoms in total. The SMILES string of the molecule is N#Cc1cccc(C[C@@H](NC(=O)C2c3ccccc3-c3ccccc32)C(=O)O)c1. The third-order valence-corrected chi connectivity index (χ3v) is 5.21. The minimum absolute atomic E-state index is 0.104. The summed E-state index contributed by atoms with van der Waals surface area (Å²) < 4.78 is 0. The van der Waals surface area contributed by atoms with Crippen molar-refractivity contribution >= 4 is 11.9 Å². The molecular formula is C24H18N2O3. The highest BCUT2D eigenvalue weighted by Crippen LogP contribution is 2.44. The third-order valence-electron chi connectivity index (χ3n) is 5.21. The number of carbonyl (C=O) groups is 2. The zero-order chi connectivity index (χ0) is 20.4. The first-order valence-electron chi connectivity index (χ1n) is 9.29. The second-order valence-corrected chi connectivity index (χ2v) is 7.02. The summed E-state index contributed by atoms with van der Waals surface area (Å²) in [5.74, 6) is -2.00. The molecule has 5 heteroatoms. The van der Waals surface area contributed by atoms with Crippen molar-refractivity contribution in [2.45, 2.75) is 18.4 Å². The van der Waals surface area contributed by atoms with Crippen LogP contribution in [0.4, 0.5) is 0 Å². The van der Waals surface area contributed by atoms with E-state index in [2.05, 4.69) is 5.32 Å². The van der Waals surface area contributed by atoms with Crippen LogP contribution in [0.1, 0.15) is 28.2 Å². The smallest absolute Gasteiger partial charge is 0.326 e. The fourth-order valence-corrected chi connectivity index (χ4v) is 3.90. The van der Waals surface area contributed by atoms with Gasteiger partial charge in [0.1, 0.15) is 6.04 Å². The molecule has 1 aliphatic rings. The van der Waals surface area contributed by atoms with Crippen LogP contribution in [0.25, 0.3) is 11.1 Å². The highest BCUT2D eigenvalue weighted by Gasteiger charge is 2.35. The number of benzene rings is 3. The molecular weight excluding hydrogens is 364 g/mol. The van der Waals surface area contributed by atoms with Crippen molar-refractivity contribution in [1.82, 2.24) is 5.32 Å². The number of nitrogens with one attached hydrogen (secondary N) is 1. The van der Waals surface area contributed by atoms with Gasteiger partial charge in [-0.05, 0) is 39.9 Å². The molecule has 1 aliphatic carbocycles. The summed E-state index contributed by atoms with van der Waals surface area (Å²) in [6.07, 6.45) is 0.104. The van der Waals surface area contributed by atoms with Gasteiger partial charge in [0.15, 0.2) is 0 Å². The lowest BCUT2D eigenvalue weighted by atomic mass is 9.95. The summed E-state index contributed by atoms with van der Waals surface area (Å²) in [7, 11) is 0. The van der Waals surface area contributed by atoms with Gasteiger partial charge in [-0.2, -0.15) is 5.26 Å². The van der Waals surface area contributed by atoms with Gasteiger partial charge in [0.05, 0.1) is 17.6 Å². The first-order chi connectivity index (χ1) is 14.1. The fraction of sp³-hybridized carbons (Fsp3) is 0.125. The molecule has 0 saturated carbocycles. The second kappa shape index (κ2) is 7.61. The summed E-state index contributed by atoms with van der Waals surface area (Å²) in [6, 6.07) is 23.1. The number of rotatable bonds is 5. The first-order valence-corrected chi connectivity index (χ1v) is 9.29. The Bertz CT molecular complexity index is 1100. The predicted molar refractivity (Wildman–Crippen MR) is 108 cm³/mol. The zero-order valence-electron chi connectivity index (χ0n) is 15.5. The summed E-state index contributed by atoms with van der Waals surface area (Å²) in [4.78, 5) is 25.0. The average molecular weight is 382 g/mol. The maximum atomic E-state index is 13.2.